The van der Waals surface area contributed by atoms with Crippen molar-refractivity contribution in [2.75, 3.05) is 11.9 Å². The predicted molar refractivity (Wildman–Crippen MR) is 89.9 cm³/mol. The third-order valence-corrected chi connectivity index (χ3v) is 4.41. The lowest BCUT2D eigenvalue weighted by atomic mass is 10.0. The van der Waals surface area contributed by atoms with E-state index in [1.54, 1.807) is 18.2 Å². The molecule has 0 spiro atoms. The number of hydrogen-bond donors (Lipinski definition) is 2. The topological polar surface area (TPSA) is 67.4 Å². The quantitative estimate of drug-likeness (QED) is 0.909. The Balaban J connectivity index is 1.55. The maximum absolute atomic E-state index is 12.7. The smallest absolute Gasteiger partial charge is 0.262 e. The fraction of sp³-hybridized carbons (Fsp3) is 0.263. The second-order valence-electron chi connectivity index (χ2n) is 6.25. The number of rotatable bonds is 4. The van der Waals surface area contributed by atoms with Gasteiger partial charge in [0.25, 0.3) is 11.8 Å². The van der Waals surface area contributed by atoms with Crippen LogP contribution in [0.25, 0.3) is 0 Å². The molecular weight excluding hydrogens is 304 g/mol. The van der Waals surface area contributed by atoms with Crippen molar-refractivity contribution < 1.29 is 14.3 Å². The highest BCUT2D eigenvalue weighted by molar-refractivity contribution is 6.00. The van der Waals surface area contributed by atoms with Crippen LogP contribution in [0.2, 0.25) is 0 Å². The summed E-state index contributed by atoms with van der Waals surface area (Å²) in [5.74, 6) is 0.739. The van der Waals surface area contributed by atoms with Crippen LogP contribution >= 0.6 is 0 Å². The molecule has 0 saturated heterocycles. The van der Waals surface area contributed by atoms with Gasteiger partial charge < -0.3 is 15.4 Å². The van der Waals surface area contributed by atoms with Gasteiger partial charge in [0, 0.05) is 5.56 Å². The van der Waals surface area contributed by atoms with E-state index in [1.165, 1.54) is 0 Å². The van der Waals surface area contributed by atoms with Gasteiger partial charge in [-0.15, -0.1) is 0 Å². The predicted octanol–water partition coefficient (Wildman–Crippen LogP) is 2.90. The van der Waals surface area contributed by atoms with Crippen LogP contribution in [0.3, 0.4) is 0 Å². The van der Waals surface area contributed by atoms with Crippen molar-refractivity contribution in [1.82, 2.24) is 5.32 Å². The molecule has 0 aromatic heterocycles. The Labute approximate surface area is 140 Å². The summed E-state index contributed by atoms with van der Waals surface area (Å²) in [6.45, 7) is 0.0102. The summed E-state index contributed by atoms with van der Waals surface area (Å²) in [5, 5.41) is 5.87. The maximum Gasteiger partial charge on any atom is 0.262 e. The van der Waals surface area contributed by atoms with E-state index in [0.717, 1.165) is 18.4 Å². The number of fused-ring (bicyclic) bond motifs is 1. The minimum Gasteiger partial charge on any atom is -0.482 e. The van der Waals surface area contributed by atoms with Crippen LogP contribution in [-0.2, 0) is 4.79 Å². The molecule has 2 amide bonds. The summed E-state index contributed by atoms with van der Waals surface area (Å²) in [4.78, 5) is 24.1. The number of hydrogen-bond acceptors (Lipinski definition) is 3. The highest BCUT2D eigenvalue weighted by Gasteiger charge is 2.33. The van der Waals surface area contributed by atoms with E-state index in [0.29, 0.717) is 22.9 Å². The van der Waals surface area contributed by atoms with Crippen molar-refractivity contribution in [2.45, 2.75) is 18.9 Å². The van der Waals surface area contributed by atoms with Crippen molar-refractivity contribution in [1.29, 1.82) is 0 Å². The number of anilines is 1. The van der Waals surface area contributed by atoms with Gasteiger partial charge in [-0.3, -0.25) is 9.59 Å². The molecule has 1 atom stereocenters. The molecule has 1 aliphatic carbocycles. The van der Waals surface area contributed by atoms with Gasteiger partial charge in [-0.2, -0.15) is 0 Å². The summed E-state index contributed by atoms with van der Waals surface area (Å²) in [6.07, 6.45) is 2.27. The first-order valence-electron chi connectivity index (χ1n) is 8.13. The molecular formula is C19H18N2O3. The Morgan fingerprint density at radius 2 is 1.96 bits per heavy atom. The first kappa shape index (κ1) is 14.8. The van der Waals surface area contributed by atoms with Gasteiger partial charge in [-0.1, -0.05) is 30.3 Å². The molecule has 0 bridgehead atoms. The Kier molecular flexibility index (Phi) is 3.69. The fourth-order valence-electron chi connectivity index (χ4n) is 3.01. The zero-order valence-electron chi connectivity index (χ0n) is 13.1. The van der Waals surface area contributed by atoms with Gasteiger partial charge >= 0.3 is 0 Å². The van der Waals surface area contributed by atoms with Crippen molar-refractivity contribution >= 4 is 17.5 Å². The molecule has 5 nitrogen and oxygen atoms in total. The molecule has 2 aromatic rings. The Morgan fingerprint density at radius 1 is 1.17 bits per heavy atom. The fourth-order valence-corrected chi connectivity index (χ4v) is 3.01. The van der Waals surface area contributed by atoms with Crippen molar-refractivity contribution in [3.05, 3.63) is 59.7 Å². The summed E-state index contributed by atoms with van der Waals surface area (Å²) in [5.41, 5.74) is 2.19. The van der Waals surface area contributed by atoms with Crippen molar-refractivity contribution in [3.63, 3.8) is 0 Å². The van der Waals surface area contributed by atoms with E-state index in [9.17, 15) is 9.59 Å². The summed E-state index contributed by atoms with van der Waals surface area (Å²) in [6, 6.07) is 15.2. The van der Waals surface area contributed by atoms with Crippen LogP contribution in [0, 0.1) is 5.92 Å². The first-order chi connectivity index (χ1) is 11.7. The van der Waals surface area contributed by atoms with Gasteiger partial charge in [0.1, 0.15) is 5.75 Å². The van der Waals surface area contributed by atoms with Gasteiger partial charge in [0.05, 0.1) is 11.7 Å². The highest BCUT2D eigenvalue weighted by Crippen LogP contribution is 2.41. The average molecular weight is 322 g/mol. The monoisotopic (exact) mass is 322 g/mol. The number of carbonyl (C=O) groups excluding carboxylic acids is 2. The molecule has 2 N–H and O–H groups in total. The highest BCUT2D eigenvalue weighted by atomic mass is 16.5. The second-order valence-corrected chi connectivity index (χ2v) is 6.25. The largest absolute Gasteiger partial charge is 0.482 e. The van der Waals surface area contributed by atoms with E-state index < -0.39 is 0 Å². The molecule has 1 aliphatic heterocycles. The Hall–Kier alpha value is -2.82. The van der Waals surface area contributed by atoms with E-state index >= 15 is 0 Å². The normalized spacial score (nSPS) is 17.2. The molecule has 0 unspecified atom stereocenters. The lowest BCUT2D eigenvalue weighted by Gasteiger charge is -2.21. The summed E-state index contributed by atoms with van der Waals surface area (Å²) >= 11 is 0. The van der Waals surface area contributed by atoms with Crippen molar-refractivity contribution in [3.8, 4) is 5.75 Å². The van der Waals surface area contributed by atoms with E-state index in [4.69, 9.17) is 4.74 Å². The standard InChI is InChI=1S/C19H18N2O3/c22-17-11-24-16-9-8-14(10-15(16)20-17)19(23)21-18(13-6-7-13)12-4-2-1-3-5-12/h1-5,8-10,13,18H,6-7,11H2,(H,20,22)(H,21,23)/t18-/m1/s1. The minimum absolute atomic E-state index is 0.0102. The summed E-state index contributed by atoms with van der Waals surface area (Å²) < 4.78 is 5.33. The van der Waals surface area contributed by atoms with Crippen LogP contribution in [0.15, 0.2) is 48.5 Å². The van der Waals surface area contributed by atoms with Crippen molar-refractivity contribution in [2.24, 2.45) is 5.92 Å². The number of benzene rings is 2. The van der Waals surface area contributed by atoms with E-state index in [-0.39, 0.29) is 24.5 Å². The third-order valence-electron chi connectivity index (χ3n) is 4.41. The maximum atomic E-state index is 12.7. The molecule has 2 aliphatic rings. The molecule has 1 fully saturated rings. The third kappa shape index (κ3) is 2.97. The lowest BCUT2D eigenvalue weighted by molar-refractivity contribution is -0.118. The number of ether oxygens (including phenoxy) is 1. The zero-order valence-corrected chi connectivity index (χ0v) is 13.1. The molecule has 1 saturated carbocycles. The number of carbonyl (C=O) groups is 2. The van der Waals surface area contributed by atoms with Gasteiger partial charge in [0.15, 0.2) is 6.61 Å². The minimum atomic E-state index is -0.208. The van der Waals surface area contributed by atoms with Gasteiger partial charge in [0.2, 0.25) is 0 Å². The zero-order chi connectivity index (χ0) is 16.5. The van der Waals surface area contributed by atoms with Crippen LogP contribution < -0.4 is 15.4 Å². The second kappa shape index (κ2) is 6.00. The number of amides is 2. The lowest BCUT2D eigenvalue weighted by Crippen LogP contribution is -2.30. The SMILES string of the molecule is O=C1COc2ccc(C(=O)N[C@H](c3ccccc3)C3CC3)cc2N1. The summed E-state index contributed by atoms with van der Waals surface area (Å²) in [7, 11) is 0. The molecule has 122 valence electrons. The molecule has 5 heteroatoms. The van der Waals surface area contributed by atoms with Crippen LogP contribution in [0.4, 0.5) is 5.69 Å². The molecule has 24 heavy (non-hydrogen) atoms. The van der Waals surface area contributed by atoms with Crippen LogP contribution in [0.5, 0.6) is 5.75 Å². The molecule has 4 rings (SSSR count). The van der Waals surface area contributed by atoms with Crippen LogP contribution in [-0.4, -0.2) is 18.4 Å². The molecule has 2 aromatic carbocycles. The van der Waals surface area contributed by atoms with Gasteiger partial charge in [-0.05, 0) is 42.5 Å². The Bertz CT molecular complexity index is 784. The number of nitrogens with one attached hydrogen (secondary N) is 2. The van der Waals surface area contributed by atoms with E-state index in [1.807, 2.05) is 30.3 Å². The molecule has 1 heterocycles. The Morgan fingerprint density at radius 3 is 2.71 bits per heavy atom. The first-order valence-corrected chi connectivity index (χ1v) is 8.13. The van der Waals surface area contributed by atoms with Crippen LogP contribution in [0.1, 0.15) is 34.8 Å². The van der Waals surface area contributed by atoms with Gasteiger partial charge in [-0.25, -0.2) is 0 Å². The molecule has 0 radical (unpaired) electrons. The van der Waals surface area contributed by atoms with E-state index in [2.05, 4.69) is 10.6 Å². The average Bonchev–Trinajstić information content (AvgIpc) is 3.44.